The van der Waals surface area contributed by atoms with Gasteiger partial charge >= 0.3 is 0 Å². The lowest BCUT2D eigenvalue weighted by molar-refractivity contribution is -0.00997. The second kappa shape index (κ2) is 5.59. The van der Waals surface area contributed by atoms with Gasteiger partial charge in [0.2, 0.25) is 0 Å². The van der Waals surface area contributed by atoms with Gasteiger partial charge in [-0.1, -0.05) is 26.2 Å². The molecule has 1 atom stereocenters. The van der Waals surface area contributed by atoms with Crippen molar-refractivity contribution in [3.05, 3.63) is 0 Å². The van der Waals surface area contributed by atoms with Crippen molar-refractivity contribution < 1.29 is 13.9 Å². The van der Waals surface area contributed by atoms with E-state index in [0.29, 0.717) is 6.42 Å². The molecule has 62 valence electrons. The molecule has 1 N–H and O–H groups in total. The molecule has 0 aliphatic carbocycles. The van der Waals surface area contributed by atoms with Gasteiger partial charge in [-0.3, -0.25) is 0 Å². The number of rotatable bonds is 5. The lowest BCUT2D eigenvalue weighted by atomic mass is 10.1. The first-order chi connectivity index (χ1) is 4.68. The van der Waals surface area contributed by atoms with Crippen molar-refractivity contribution in [3.63, 3.8) is 0 Å². The standard InChI is InChI=1S/C7H14F2O/c1-2-3-4-5-6(10)7(8)9/h6-7,10H,2-5H2,1H3. The first kappa shape index (κ1) is 9.82. The van der Waals surface area contributed by atoms with E-state index in [0.717, 1.165) is 12.8 Å². The molecule has 0 saturated carbocycles. The van der Waals surface area contributed by atoms with E-state index >= 15 is 0 Å². The van der Waals surface area contributed by atoms with Crippen LogP contribution in [0.5, 0.6) is 0 Å². The molecule has 0 aromatic rings. The largest absolute Gasteiger partial charge is 0.387 e. The van der Waals surface area contributed by atoms with Gasteiger partial charge in [-0.15, -0.1) is 0 Å². The molecule has 1 nitrogen and oxygen atoms in total. The normalized spacial score (nSPS) is 14.1. The second-order valence-corrected chi connectivity index (χ2v) is 2.40. The molecular formula is C7H14F2O. The highest BCUT2D eigenvalue weighted by Crippen LogP contribution is 2.09. The number of alkyl halides is 2. The quantitative estimate of drug-likeness (QED) is 0.599. The highest BCUT2D eigenvalue weighted by Gasteiger charge is 2.14. The van der Waals surface area contributed by atoms with Gasteiger partial charge in [0, 0.05) is 0 Å². The van der Waals surface area contributed by atoms with Gasteiger partial charge in [0.05, 0.1) is 0 Å². The fourth-order valence-electron chi connectivity index (χ4n) is 0.729. The van der Waals surface area contributed by atoms with Gasteiger partial charge < -0.3 is 5.11 Å². The van der Waals surface area contributed by atoms with Crippen LogP contribution in [-0.2, 0) is 0 Å². The topological polar surface area (TPSA) is 20.2 Å². The van der Waals surface area contributed by atoms with E-state index in [1.54, 1.807) is 0 Å². The molecular weight excluding hydrogens is 138 g/mol. The van der Waals surface area contributed by atoms with Crippen LogP contribution in [0.25, 0.3) is 0 Å². The van der Waals surface area contributed by atoms with E-state index < -0.39 is 12.5 Å². The highest BCUT2D eigenvalue weighted by atomic mass is 19.3. The molecule has 0 rings (SSSR count). The second-order valence-electron chi connectivity index (χ2n) is 2.40. The van der Waals surface area contributed by atoms with Crippen molar-refractivity contribution in [2.24, 2.45) is 0 Å². The van der Waals surface area contributed by atoms with Crippen molar-refractivity contribution in [1.82, 2.24) is 0 Å². The van der Waals surface area contributed by atoms with Crippen LogP contribution < -0.4 is 0 Å². The van der Waals surface area contributed by atoms with Crippen LogP contribution in [-0.4, -0.2) is 17.6 Å². The van der Waals surface area contributed by atoms with Gasteiger partial charge in [0.1, 0.15) is 6.10 Å². The van der Waals surface area contributed by atoms with Gasteiger partial charge in [0.25, 0.3) is 6.43 Å². The van der Waals surface area contributed by atoms with Gasteiger partial charge in [0.15, 0.2) is 0 Å². The van der Waals surface area contributed by atoms with E-state index in [1.807, 2.05) is 6.92 Å². The Kier molecular flexibility index (Phi) is 5.49. The molecule has 0 amide bonds. The molecule has 0 saturated heterocycles. The fourth-order valence-corrected chi connectivity index (χ4v) is 0.729. The Bertz CT molecular complexity index is 76.0. The summed E-state index contributed by atoms with van der Waals surface area (Å²) in [5.74, 6) is 0. The molecule has 0 aliphatic rings. The first-order valence-corrected chi connectivity index (χ1v) is 3.64. The Morgan fingerprint density at radius 2 is 1.90 bits per heavy atom. The summed E-state index contributed by atoms with van der Waals surface area (Å²) in [6.07, 6.45) is -1.14. The van der Waals surface area contributed by atoms with Gasteiger partial charge in [-0.25, -0.2) is 8.78 Å². The van der Waals surface area contributed by atoms with Crippen LogP contribution in [0.3, 0.4) is 0 Å². The lowest BCUT2D eigenvalue weighted by Gasteiger charge is -2.07. The Hall–Kier alpha value is -0.180. The summed E-state index contributed by atoms with van der Waals surface area (Å²) >= 11 is 0. The van der Waals surface area contributed by atoms with E-state index in [9.17, 15) is 8.78 Å². The maximum Gasteiger partial charge on any atom is 0.264 e. The average Bonchev–Trinajstić information content (AvgIpc) is 1.88. The number of hydrogen-bond acceptors (Lipinski definition) is 1. The van der Waals surface area contributed by atoms with E-state index in [-0.39, 0.29) is 6.42 Å². The Morgan fingerprint density at radius 1 is 1.30 bits per heavy atom. The zero-order valence-corrected chi connectivity index (χ0v) is 6.19. The van der Waals surface area contributed by atoms with Crippen molar-refractivity contribution in [2.75, 3.05) is 0 Å². The smallest absolute Gasteiger partial charge is 0.264 e. The summed E-state index contributed by atoms with van der Waals surface area (Å²) in [6, 6.07) is 0. The Morgan fingerprint density at radius 3 is 2.30 bits per heavy atom. The summed E-state index contributed by atoms with van der Waals surface area (Å²) in [5, 5.41) is 8.60. The summed E-state index contributed by atoms with van der Waals surface area (Å²) in [4.78, 5) is 0. The van der Waals surface area contributed by atoms with E-state index in [2.05, 4.69) is 0 Å². The summed E-state index contributed by atoms with van der Waals surface area (Å²) < 4.78 is 23.2. The molecule has 3 heteroatoms. The minimum Gasteiger partial charge on any atom is -0.387 e. The zero-order valence-electron chi connectivity index (χ0n) is 6.19. The number of aliphatic hydroxyl groups is 1. The van der Waals surface area contributed by atoms with Crippen molar-refractivity contribution in [1.29, 1.82) is 0 Å². The maximum atomic E-state index is 11.6. The molecule has 0 aliphatic heterocycles. The van der Waals surface area contributed by atoms with E-state index in [4.69, 9.17) is 5.11 Å². The number of halogens is 2. The molecule has 0 aromatic carbocycles. The summed E-state index contributed by atoms with van der Waals surface area (Å²) in [5.41, 5.74) is 0. The van der Waals surface area contributed by atoms with Crippen molar-refractivity contribution in [2.45, 2.75) is 45.1 Å². The van der Waals surface area contributed by atoms with Crippen molar-refractivity contribution in [3.8, 4) is 0 Å². The zero-order chi connectivity index (χ0) is 7.98. The Labute approximate surface area is 60.1 Å². The summed E-state index contributed by atoms with van der Waals surface area (Å²) in [7, 11) is 0. The first-order valence-electron chi connectivity index (χ1n) is 3.64. The van der Waals surface area contributed by atoms with Crippen LogP contribution in [0, 0.1) is 0 Å². The lowest BCUT2D eigenvalue weighted by Crippen LogP contribution is -2.16. The molecule has 0 bridgehead atoms. The van der Waals surface area contributed by atoms with Crippen molar-refractivity contribution >= 4 is 0 Å². The summed E-state index contributed by atoms with van der Waals surface area (Å²) in [6.45, 7) is 1.99. The van der Waals surface area contributed by atoms with Crippen LogP contribution in [0.1, 0.15) is 32.6 Å². The van der Waals surface area contributed by atoms with E-state index in [1.165, 1.54) is 0 Å². The third-order valence-electron chi connectivity index (χ3n) is 1.39. The van der Waals surface area contributed by atoms with Crippen LogP contribution >= 0.6 is 0 Å². The van der Waals surface area contributed by atoms with Gasteiger partial charge in [-0.05, 0) is 6.42 Å². The molecule has 1 unspecified atom stereocenters. The molecule has 0 aromatic heterocycles. The fraction of sp³-hybridized carbons (Fsp3) is 1.00. The predicted molar refractivity (Wildman–Crippen MR) is 36.2 cm³/mol. The van der Waals surface area contributed by atoms with Crippen LogP contribution in [0.15, 0.2) is 0 Å². The molecule has 0 spiro atoms. The minimum absolute atomic E-state index is 0.228. The maximum absolute atomic E-state index is 11.6. The minimum atomic E-state index is -2.57. The Balaban J connectivity index is 3.13. The monoisotopic (exact) mass is 152 g/mol. The third kappa shape index (κ3) is 4.68. The van der Waals surface area contributed by atoms with Crippen LogP contribution in [0.2, 0.25) is 0 Å². The molecule has 10 heavy (non-hydrogen) atoms. The molecule has 0 fully saturated rings. The highest BCUT2D eigenvalue weighted by molar-refractivity contribution is 4.56. The average molecular weight is 152 g/mol. The predicted octanol–water partition coefficient (Wildman–Crippen LogP) is 2.19. The number of unbranched alkanes of at least 4 members (excludes halogenated alkanes) is 2. The van der Waals surface area contributed by atoms with Crippen LogP contribution in [0.4, 0.5) is 8.78 Å². The SMILES string of the molecule is CCCCCC(O)C(F)F. The third-order valence-corrected chi connectivity index (χ3v) is 1.39. The molecule has 0 radical (unpaired) electrons. The molecule has 0 heterocycles. The van der Waals surface area contributed by atoms with Gasteiger partial charge in [-0.2, -0.15) is 0 Å². The number of hydrogen-bond donors (Lipinski definition) is 1. The number of aliphatic hydroxyl groups excluding tert-OH is 1.